The zero-order valence-electron chi connectivity index (χ0n) is 12.7. The Bertz CT molecular complexity index is 559. The van der Waals surface area contributed by atoms with E-state index >= 15 is 0 Å². The van der Waals surface area contributed by atoms with Crippen LogP contribution >= 0.6 is 0 Å². The number of benzene rings is 1. The summed E-state index contributed by atoms with van der Waals surface area (Å²) in [6, 6.07) is 6.94. The van der Waals surface area contributed by atoms with Crippen molar-refractivity contribution in [3.8, 4) is 0 Å². The van der Waals surface area contributed by atoms with E-state index in [9.17, 15) is 8.42 Å². The summed E-state index contributed by atoms with van der Waals surface area (Å²) in [7, 11) is -1.53. The average molecular weight is 296 g/mol. The Morgan fingerprint density at radius 2 is 1.80 bits per heavy atom. The van der Waals surface area contributed by atoms with Crippen molar-refractivity contribution < 1.29 is 8.42 Å². The predicted octanol–water partition coefficient (Wildman–Crippen LogP) is 2.79. The highest BCUT2D eigenvalue weighted by Gasteiger charge is 2.37. The zero-order chi connectivity index (χ0) is 15.0. The highest BCUT2D eigenvalue weighted by Crippen LogP contribution is 2.35. The van der Waals surface area contributed by atoms with Crippen LogP contribution in [-0.2, 0) is 10.0 Å². The second-order valence-corrected chi connectivity index (χ2v) is 8.43. The summed E-state index contributed by atoms with van der Waals surface area (Å²) in [5.74, 6) is 0.425. The Morgan fingerprint density at radius 3 is 2.25 bits per heavy atom. The van der Waals surface area contributed by atoms with Gasteiger partial charge in [0.25, 0.3) is 0 Å². The SMILES string of the molecule is CNc1ccc(S(=O)(=O)N2CCC(C(C)(C)C)C2)cc1. The summed E-state index contributed by atoms with van der Waals surface area (Å²) in [6.45, 7) is 7.78. The smallest absolute Gasteiger partial charge is 0.243 e. The Balaban J connectivity index is 2.19. The lowest BCUT2D eigenvalue weighted by atomic mass is 9.80. The summed E-state index contributed by atoms with van der Waals surface area (Å²) in [5.41, 5.74) is 1.07. The van der Waals surface area contributed by atoms with Gasteiger partial charge in [-0.3, -0.25) is 0 Å². The molecule has 1 heterocycles. The van der Waals surface area contributed by atoms with Gasteiger partial charge in [0.2, 0.25) is 10.0 Å². The van der Waals surface area contributed by atoms with Gasteiger partial charge in [-0.15, -0.1) is 0 Å². The van der Waals surface area contributed by atoms with E-state index in [2.05, 4.69) is 26.1 Å². The Labute approximate surface area is 122 Å². The zero-order valence-corrected chi connectivity index (χ0v) is 13.5. The lowest BCUT2D eigenvalue weighted by molar-refractivity contribution is 0.252. The fourth-order valence-corrected chi connectivity index (χ4v) is 4.10. The Morgan fingerprint density at radius 1 is 1.20 bits per heavy atom. The minimum absolute atomic E-state index is 0.153. The van der Waals surface area contributed by atoms with Crippen molar-refractivity contribution in [3.63, 3.8) is 0 Å². The fourth-order valence-electron chi connectivity index (χ4n) is 2.60. The molecule has 1 aromatic rings. The van der Waals surface area contributed by atoms with Crippen LogP contribution in [0.25, 0.3) is 0 Å². The van der Waals surface area contributed by atoms with Crippen LogP contribution in [0.3, 0.4) is 0 Å². The molecular weight excluding hydrogens is 272 g/mol. The van der Waals surface area contributed by atoms with Gasteiger partial charge in [-0.05, 0) is 42.0 Å². The van der Waals surface area contributed by atoms with Crippen LogP contribution in [0.1, 0.15) is 27.2 Å². The summed E-state index contributed by atoms with van der Waals surface area (Å²) in [5, 5.41) is 2.99. The normalized spacial score (nSPS) is 21.1. The molecule has 1 aromatic carbocycles. The standard InChI is InChI=1S/C15H24N2O2S/c1-15(2,3)12-9-10-17(11-12)20(18,19)14-7-5-13(16-4)6-8-14/h5-8,12,16H,9-11H2,1-4H3. The Kier molecular flexibility index (Phi) is 4.12. The molecule has 1 aliphatic heterocycles. The van der Waals surface area contributed by atoms with Crippen LogP contribution < -0.4 is 5.32 Å². The van der Waals surface area contributed by atoms with E-state index in [-0.39, 0.29) is 5.41 Å². The molecular formula is C15H24N2O2S. The molecule has 4 nitrogen and oxygen atoms in total. The summed E-state index contributed by atoms with van der Waals surface area (Å²) >= 11 is 0. The van der Waals surface area contributed by atoms with Crippen molar-refractivity contribution in [1.29, 1.82) is 0 Å². The summed E-state index contributed by atoms with van der Waals surface area (Å²) in [6.07, 6.45) is 0.942. The minimum Gasteiger partial charge on any atom is -0.388 e. The van der Waals surface area contributed by atoms with E-state index < -0.39 is 10.0 Å². The molecule has 2 rings (SSSR count). The van der Waals surface area contributed by atoms with Gasteiger partial charge in [0, 0.05) is 25.8 Å². The molecule has 112 valence electrons. The van der Waals surface area contributed by atoms with Crippen LogP contribution in [-0.4, -0.2) is 32.9 Å². The minimum atomic E-state index is -3.35. The molecule has 20 heavy (non-hydrogen) atoms. The molecule has 0 aliphatic carbocycles. The van der Waals surface area contributed by atoms with Gasteiger partial charge in [-0.2, -0.15) is 4.31 Å². The molecule has 1 unspecified atom stereocenters. The van der Waals surface area contributed by atoms with Crippen molar-refractivity contribution in [2.45, 2.75) is 32.1 Å². The molecule has 0 spiro atoms. The molecule has 1 aliphatic rings. The van der Waals surface area contributed by atoms with E-state index in [1.54, 1.807) is 28.6 Å². The van der Waals surface area contributed by atoms with Crippen molar-refractivity contribution in [2.75, 3.05) is 25.5 Å². The molecule has 0 radical (unpaired) electrons. The van der Waals surface area contributed by atoms with Crippen molar-refractivity contribution in [2.24, 2.45) is 11.3 Å². The average Bonchev–Trinajstić information content (AvgIpc) is 2.89. The quantitative estimate of drug-likeness (QED) is 0.933. The van der Waals surface area contributed by atoms with E-state index in [0.29, 0.717) is 23.9 Å². The number of hydrogen-bond donors (Lipinski definition) is 1. The maximum absolute atomic E-state index is 12.6. The van der Waals surface area contributed by atoms with Gasteiger partial charge in [-0.1, -0.05) is 20.8 Å². The monoisotopic (exact) mass is 296 g/mol. The molecule has 1 N–H and O–H groups in total. The van der Waals surface area contributed by atoms with Crippen molar-refractivity contribution >= 4 is 15.7 Å². The predicted molar refractivity (Wildman–Crippen MR) is 82.3 cm³/mol. The van der Waals surface area contributed by atoms with Gasteiger partial charge in [0.05, 0.1) is 4.90 Å². The second-order valence-electron chi connectivity index (χ2n) is 6.49. The molecule has 0 aromatic heterocycles. The molecule has 1 atom stereocenters. The summed E-state index contributed by atoms with van der Waals surface area (Å²) < 4.78 is 26.8. The highest BCUT2D eigenvalue weighted by molar-refractivity contribution is 7.89. The van der Waals surface area contributed by atoms with E-state index in [1.807, 2.05) is 7.05 Å². The topological polar surface area (TPSA) is 49.4 Å². The maximum atomic E-state index is 12.6. The van der Waals surface area contributed by atoms with Crippen LogP contribution in [0, 0.1) is 11.3 Å². The lowest BCUT2D eigenvalue weighted by Gasteiger charge is -2.26. The summed E-state index contributed by atoms with van der Waals surface area (Å²) in [4.78, 5) is 0.381. The fraction of sp³-hybridized carbons (Fsp3) is 0.600. The van der Waals surface area contributed by atoms with E-state index in [4.69, 9.17) is 0 Å². The molecule has 5 heteroatoms. The first-order chi connectivity index (χ1) is 9.25. The van der Waals surface area contributed by atoms with Crippen LogP contribution in [0.5, 0.6) is 0 Å². The molecule has 0 saturated carbocycles. The van der Waals surface area contributed by atoms with Gasteiger partial charge in [-0.25, -0.2) is 8.42 Å². The second kappa shape index (κ2) is 5.37. The van der Waals surface area contributed by atoms with Crippen molar-refractivity contribution in [3.05, 3.63) is 24.3 Å². The third-order valence-electron chi connectivity index (χ3n) is 4.16. The van der Waals surface area contributed by atoms with Gasteiger partial charge >= 0.3 is 0 Å². The number of sulfonamides is 1. The van der Waals surface area contributed by atoms with Crippen LogP contribution in [0.2, 0.25) is 0 Å². The number of anilines is 1. The van der Waals surface area contributed by atoms with Crippen LogP contribution in [0.15, 0.2) is 29.2 Å². The third-order valence-corrected chi connectivity index (χ3v) is 6.04. The molecule has 0 amide bonds. The van der Waals surface area contributed by atoms with Gasteiger partial charge < -0.3 is 5.32 Å². The molecule has 1 fully saturated rings. The largest absolute Gasteiger partial charge is 0.388 e. The Hall–Kier alpha value is -1.07. The lowest BCUT2D eigenvalue weighted by Crippen LogP contribution is -2.31. The first-order valence-corrected chi connectivity index (χ1v) is 8.47. The first-order valence-electron chi connectivity index (χ1n) is 7.03. The van der Waals surface area contributed by atoms with Crippen molar-refractivity contribution in [1.82, 2.24) is 4.31 Å². The highest BCUT2D eigenvalue weighted by atomic mass is 32.2. The van der Waals surface area contributed by atoms with Crippen LogP contribution in [0.4, 0.5) is 5.69 Å². The molecule has 0 bridgehead atoms. The van der Waals surface area contributed by atoms with Gasteiger partial charge in [0.15, 0.2) is 0 Å². The van der Waals surface area contributed by atoms with E-state index in [0.717, 1.165) is 12.1 Å². The number of hydrogen-bond acceptors (Lipinski definition) is 3. The van der Waals surface area contributed by atoms with Gasteiger partial charge in [0.1, 0.15) is 0 Å². The number of nitrogens with one attached hydrogen (secondary N) is 1. The number of rotatable bonds is 3. The van der Waals surface area contributed by atoms with E-state index in [1.165, 1.54) is 0 Å². The third kappa shape index (κ3) is 2.99. The number of nitrogens with zero attached hydrogens (tertiary/aromatic N) is 1. The maximum Gasteiger partial charge on any atom is 0.243 e. The molecule has 1 saturated heterocycles. The first kappa shape index (κ1) is 15.3.